The van der Waals surface area contributed by atoms with Gasteiger partial charge in [0.25, 0.3) is 0 Å². The van der Waals surface area contributed by atoms with Crippen LogP contribution in [0.1, 0.15) is 33.1 Å². The molecule has 0 spiro atoms. The van der Waals surface area contributed by atoms with Gasteiger partial charge < -0.3 is 9.64 Å². The third kappa shape index (κ3) is 1.78. The summed E-state index contributed by atoms with van der Waals surface area (Å²) in [6.07, 6.45) is 3.64. The summed E-state index contributed by atoms with van der Waals surface area (Å²) in [5.41, 5.74) is 0. The largest absolute Gasteiger partial charge is 0.373 e. The van der Waals surface area contributed by atoms with Crippen molar-refractivity contribution in [2.75, 3.05) is 7.05 Å². The minimum atomic E-state index is 0.192. The maximum absolute atomic E-state index is 11.8. The van der Waals surface area contributed by atoms with Gasteiger partial charge in [0, 0.05) is 13.0 Å². The van der Waals surface area contributed by atoms with Gasteiger partial charge in [-0.3, -0.25) is 4.79 Å². The molecule has 2 fully saturated rings. The predicted molar refractivity (Wildman–Crippen MR) is 53.9 cm³/mol. The van der Waals surface area contributed by atoms with E-state index < -0.39 is 0 Å². The Morgan fingerprint density at radius 1 is 1.36 bits per heavy atom. The monoisotopic (exact) mass is 197 g/mol. The van der Waals surface area contributed by atoms with Crippen LogP contribution in [-0.2, 0) is 9.53 Å². The molecule has 80 valence electrons. The van der Waals surface area contributed by atoms with Crippen molar-refractivity contribution in [2.24, 2.45) is 5.92 Å². The molecule has 3 nitrogen and oxygen atoms in total. The number of nitrogens with zero attached hydrogens (tertiary/aromatic N) is 1. The van der Waals surface area contributed by atoms with Crippen molar-refractivity contribution in [1.29, 1.82) is 0 Å². The highest BCUT2D eigenvalue weighted by molar-refractivity contribution is 5.81. The number of likely N-dealkylation sites (N-methyl/N-ethyl adjacent to an activating group) is 1. The number of hydrogen-bond donors (Lipinski definition) is 0. The molecule has 1 heterocycles. The molecular weight excluding hydrogens is 178 g/mol. The van der Waals surface area contributed by atoms with Gasteiger partial charge in [-0.25, -0.2) is 0 Å². The average molecular weight is 197 g/mol. The van der Waals surface area contributed by atoms with Gasteiger partial charge in [0.2, 0.25) is 5.91 Å². The molecule has 0 aromatic carbocycles. The Hall–Kier alpha value is -0.570. The zero-order valence-electron chi connectivity index (χ0n) is 9.19. The van der Waals surface area contributed by atoms with E-state index in [0.29, 0.717) is 17.9 Å². The second kappa shape index (κ2) is 3.54. The summed E-state index contributed by atoms with van der Waals surface area (Å²) in [6.45, 7) is 4.14. The van der Waals surface area contributed by atoms with Gasteiger partial charge in [-0.2, -0.15) is 0 Å². The molecule has 3 heteroatoms. The molecule has 1 amide bonds. The third-order valence-corrected chi connectivity index (χ3v) is 3.33. The molecule has 1 saturated heterocycles. The molecule has 0 N–H and O–H groups in total. The molecule has 1 aliphatic heterocycles. The molecule has 3 atom stereocenters. The molecule has 2 rings (SSSR count). The van der Waals surface area contributed by atoms with Crippen molar-refractivity contribution in [3.05, 3.63) is 0 Å². The van der Waals surface area contributed by atoms with Crippen molar-refractivity contribution in [2.45, 2.75) is 51.4 Å². The van der Waals surface area contributed by atoms with Gasteiger partial charge in [-0.05, 0) is 33.1 Å². The summed E-state index contributed by atoms with van der Waals surface area (Å²) < 4.78 is 5.65. The Morgan fingerprint density at radius 2 is 2.00 bits per heavy atom. The number of rotatable bonds is 2. The Morgan fingerprint density at radius 3 is 2.43 bits per heavy atom. The molecule has 0 radical (unpaired) electrons. The fraction of sp³-hybridized carbons (Fsp3) is 0.909. The highest BCUT2D eigenvalue weighted by Gasteiger charge is 2.39. The van der Waals surface area contributed by atoms with Gasteiger partial charge >= 0.3 is 0 Å². The van der Waals surface area contributed by atoms with E-state index in [0.717, 1.165) is 19.3 Å². The van der Waals surface area contributed by atoms with Gasteiger partial charge in [-0.15, -0.1) is 0 Å². The normalized spacial score (nSPS) is 37.2. The predicted octanol–water partition coefficient (Wildman–Crippen LogP) is 1.42. The van der Waals surface area contributed by atoms with E-state index in [4.69, 9.17) is 4.74 Å². The van der Waals surface area contributed by atoms with Crippen LogP contribution in [0.5, 0.6) is 0 Å². The van der Waals surface area contributed by atoms with E-state index >= 15 is 0 Å². The van der Waals surface area contributed by atoms with Gasteiger partial charge in [0.15, 0.2) is 0 Å². The van der Waals surface area contributed by atoms with E-state index in [1.165, 1.54) is 0 Å². The first kappa shape index (κ1) is 9.97. The summed E-state index contributed by atoms with van der Waals surface area (Å²) in [7, 11) is 1.92. The van der Waals surface area contributed by atoms with E-state index in [1.54, 1.807) is 0 Å². The lowest BCUT2D eigenvalue weighted by Gasteiger charge is -2.26. The van der Waals surface area contributed by atoms with Crippen LogP contribution < -0.4 is 0 Å². The van der Waals surface area contributed by atoms with Crippen LogP contribution in [0.4, 0.5) is 0 Å². The molecule has 1 saturated carbocycles. The maximum Gasteiger partial charge on any atom is 0.225 e. The smallest absolute Gasteiger partial charge is 0.225 e. The molecule has 0 aromatic heterocycles. The van der Waals surface area contributed by atoms with Crippen LogP contribution in [0.15, 0.2) is 0 Å². The highest BCUT2D eigenvalue weighted by Crippen LogP contribution is 2.33. The second-order valence-electron chi connectivity index (χ2n) is 4.68. The maximum atomic E-state index is 11.8. The Kier molecular flexibility index (Phi) is 2.52. The fourth-order valence-corrected chi connectivity index (χ4v) is 2.30. The summed E-state index contributed by atoms with van der Waals surface area (Å²) in [6, 6.07) is 0.290. The van der Waals surface area contributed by atoms with Gasteiger partial charge in [0.05, 0.1) is 18.2 Å². The molecule has 1 aliphatic carbocycles. The zero-order valence-corrected chi connectivity index (χ0v) is 9.19. The first-order chi connectivity index (χ1) is 6.59. The summed E-state index contributed by atoms with van der Waals surface area (Å²) >= 11 is 0. The molecule has 2 aliphatic rings. The zero-order chi connectivity index (χ0) is 10.3. The number of carbonyl (C=O) groups excluding carboxylic acids is 1. The van der Waals surface area contributed by atoms with Crippen LogP contribution in [0.3, 0.4) is 0 Å². The van der Waals surface area contributed by atoms with Crippen molar-refractivity contribution >= 4 is 5.91 Å². The van der Waals surface area contributed by atoms with E-state index in [2.05, 4.69) is 13.8 Å². The first-order valence-electron chi connectivity index (χ1n) is 5.51. The topological polar surface area (TPSA) is 29.5 Å². The average Bonchev–Trinajstić information content (AvgIpc) is 2.90. The number of hydrogen-bond acceptors (Lipinski definition) is 2. The SMILES string of the molecule is CC1CC(N(C)C(=O)C2CC2)C(C)O1. The quantitative estimate of drug-likeness (QED) is 0.670. The minimum absolute atomic E-state index is 0.192. The molecule has 14 heavy (non-hydrogen) atoms. The Balaban J connectivity index is 1.96. The lowest BCUT2D eigenvalue weighted by Crippen LogP contribution is -2.41. The lowest BCUT2D eigenvalue weighted by molar-refractivity contribution is -0.134. The van der Waals surface area contributed by atoms with Crippen molar-refractivity contribution < 1.29 is 9.53 Å². The van der Waals surface area contributed by atoms with Crippen LogP contribution in [-0.4, -0.2) is 36.1 Å². The number of ether oxygens (including phenoxy) is 1. The van der Waals surface area contributed by atoms with Crippen LogP contribution in [0, 0.1) is 5.92 Å². The van der Waals surface area contributed by atoms with Crippen molar-refractivity contribution in [3.8, 4) is 0 Å². The van der Waals surface area contributed by atoms with Gasteiger partial charge in [0.1, 0.15) is 0 Å². The summed E-state index contributed by atoms with van der Waals surface area (Å²) in [5, 5.41) is 0. The van der Waals surface area contributed by atoms with E-state index in [-0.39, 0.29) is 12.1 Å². The molecule has 0 aromatic rings. The third-order valence-electron chi connectivity index (χ3n) is 3.33. The number of carbonyl (C=O) groups is 1. The van der Waals surface area contributed by atoms with Crippen LogP contribution in [0.25, 0.3) is 0 Å². The first-order valence-corrected chi connectivity index (χ1v) is 5.51. The highest BCUT2D eigenvalue weighted by atomic mass is 16.5. The fourth-order valence-electron chi connectivity index (χ4n) is 2.30. The molecule has 3 unspecified atom stereocenters. The van der Waals surface area contributed by atoms with Gasteiger partial charge in [-0.1, -0.05) is 0 Å². The van der Waals surface area contributed by atoms with Crippen LogP contribution >= 0.6 is 0 Å². The van der Waals surface area contributed by atoms with Crippen molar-refractivity contribution in [3.63, 3.8) is 0 Å². The molecule has 0 bridgehead atoms. The Bertz CT molecular complexity index is 237. The standard InChI is InChI=1S/C11H19NO2/c1-7-6-10(8(2)14-7)12(3)11(13)9-4-5-9/h7-10H,4-6H2,1-3H3. The second-order valence-corrected chi connectivity index (χ2v) is 4.68. The minimum Gasteiger partial charge on any atom is -0.373 e. The van der Waals surface area contributed by atoms with E-state index in [1.807, 2.05) is 11.9 Å². The number of amides is 1. The molecular formula is C11H19NO2. The van der Waals surface area contributed by atoms with Crippen LogP contribution in [0.2, 0.25) is 0 Å². The lowest BCUT2D eigenvalue weighted by atomic mass is 10.1. The Labute approximate surface area is 85.4 Å². The van der Waals surface area contributed by atoms with E-state index in [9.17, 15) is 4.79 Å². The summed E-state index contributed by atoms with van der Waals surface area (Å²) in [4.78, 5) is 13.7. The summed E-state index contributed by atoms with van der Waals surface area (Å²) in [5.74, 6) is 0.641. The van der Waals surface area contributed by atoms with Crippen molar-refractivity contribution in [1.82, 2.24) is 4.90 Å².